The molecule has 0 spiro atoms. The van der Waals surface area contributed by atoms with E-state index in [9.17, 15) is 16.8 Å². The van der Waals surface area contributed by atoms with E-state index in [-0.39, 0.29) is 17.5 Å². The minimum atomic E-state index is -4.03. The summed E-state index contributed by atoms with van der Waals surface area (Å²) in [6.45, 7) is 5.15. The van der Waals surface area contributed by atoms with Gasteiger partial charge in [-0.05, 0) is 44.4 Å². The Labute approximate surface area is 222 Å². The molecule has 0 radical (unpaired) electrons. The number of ether oxygens (including phenoxy) is 2. The second-order valence-corrected chi connectivity index (χ2v) is 13.7. The highest BCUT2D eigenvalue weighted by Crippen LogP contribution is 2.39. The predicted octanol–water partition coefficient (Wildman–Crippen LogP) is 2.61. The first-order chi connectivity index (χ1) is 18.0. The summed E-state index contributed by atoms with van der Waals surface area (Å²) in [7, 11) is -4.38. The lowest BCUT2D eigenvalue weighted by atomic mass is 10.0. The molecule has 1 aliphatic heterocycles. The molecule has 3 atom stereocenters. The van der Waals surface area contributed by atoms with Gasteiger partial charge in [-0.2, -0.15) is 0 Å². The minimum absolute atomic E-state index is 0.102. The van der Waals surface area contributed by atoms with Crippen LogP contribution in [0.25, 0.3) is 5.69 Å². The lowest BCUT2D eigenvalue weighted by molar-refractivity contribution is 0.390. The number of hydrogen-bond acceptors (Lipinski definition) is 10. The molecule has 1 fully saturated rings. The maximum absolute atomic E-state index is 13.6. The Hall–Kier alpha value is -3.26. The molecule has 3 heterocycles. The summed E-state index contributed by atoms with van der Waals surface area (Å²) in [5, 5.41) is 7.50. The van der Waals surface area contributed by atoms with E-state index in [1.165, 1.54) is 18.8 Å². The molecule has 2 aromatic heterocycles. The van der Waals surface area contributed by atoms with Crippen molar-refractivity contribution in [2.45, 2.75) is 50.7 Å². The van der Waals surface area contributed by atoms with Gasteiger partial charge in [-0.1, -0.05) is 13.0 Å². The topological polar surface area (TPSA) is 155 Å². The van der Waals surface area contributed by atoms with E-state index in [1.54, 1.807) is 44.4 Å². The number of methoxy groups -OCH3 is 2. The zero-order chi connectivity index (χ0) is 27.7. The number of nitrogens with one attached hydrogen (secondary N) is 1. The fourth-order valence-electron chi connectivity index (χ4n) is 4.46. The van der Waals surface area contributed by atoms with Crippen molar-refractivity contribution < 1.29 is 26.3 Å². The number of sulfonamides is 1. The second-order valence-electron chi connectivity index (χ2n) is 9.44. The van der Waals surface area contributed by atoms with Crippen molar-refractivity contribution in [3.63, 3.8) is 0 Å². The van der Waals surface area contributed by atoms with Crippen LogP contribution in [-0.4, -0.2) is 72.5 Å². The van der Waals surface area contributed by atoms with Crippen molar-refractivity contribution in [3.05, 3.63) is 47.8 Å². The van der Waals surface area contributed by atoms with E-state index < -0.39 is 36.9 Å². The van der Waals surface area contributed by atoms with E-state index in [2.05, 4.69) is 24.9 Å². The highest BCUT2D eigenvalue weighted by molar-refractivity contribution is 7.93. The Morgan fingerprint density at radius 1 is 1.08 bits per heavy atom. The summed E-state index contributed by atoms with van der Waals surface area (Å²) in [6.07, 6.45) is 4.30. The van der Waals surface area contributed by atoms with Crippen LogP contribution in [0.2, 0.25) is 0 Å². The number of para-hydroxylation sites is 1. The fourth-order valence-corrected chi connectivity index (χ4v) is 7.40. The fraction of sp³-hybridized carbons (Fsp3) is 0.500. The number of aryl methyl sites for hydroxylation is 1. The van der Waals surface area contributed by atoms with Gasteiger partial charge in [0.05, 0.1) is 31.0 Å². The third-order valence-corrected chi connectivity index (χ3v) is 10.5. The average Bonchev–Trinajstić information content (AvgIpc) is 3.29. The molecule has 1 N–H and O–H groups in total. The molecule has 38 heavy (non-hydrogen) atoms. The maximum Gasteiger partial charge on any atom is 0.243 e. The monoisotopic (exact) mass is 564 g/mol. The third-order valence-electron chi connectivity index (χ3n) is 6.78. The molecule has 0 unspecified atom stereocenters. The molecular formula is C24H32N6O6S2. The SMILES string of the molecule is COc1cccc(OC)c1-n1c(NS(=O)(=O)[C@@H](C)[C@H](C)c2ncc(C)cn2)nnc1[C@H]1CCCS(=O)(=O)C1. The van der Waals surface area contributed by atoms with E-state index in [4.69, 9.17) is 9.47 Å². The molecule has 14 heteroatoms. The standard InChI is InChI=1S/C24H32N6O6S2/c1-15-12-25-22(26-13-15)16(2)17(3)38(33,34)29-24-28-27-23(18-8-7-11-37(31,32)14-18)30(24)21-19(35-4)9-6-10-20(21)36-5/h6,9-10,12-13,16-18H,7-8,11,14H2,1-5H3,(H,28,29)/t16-,17-,18-/m0/s1. The minimum Gasteiger partial charge on any atom is -0.494 e. The Kier molecular flexibility index (Phi) is 7.93. The molecule has 12 nitrogen and oxygen atoms in total. The first-order valence-corrected chi connectivity index (χ1v) is 15.5. The number of hydrogen-bond donors (Lipinski definition) is 1. The van der Waals surface area contributed by atoms with Crippen LogP contribution in [0.4, 0.5) is 5.95 Å². The molecule has 0 aliphatic carbocycles. The van der Waals surface area contributed by atoms with Crippen molar-refractivity contribution >= 4 is 25.8 Å². The van der Waals surface area contributed by atoms with E-state index >= 15 is 0 Å². The lowest BCUT2D eigenvalue weighted by Gasteiger charge is -2.24. The molecule has 3 aromatic rings. The first-order valence-electron chi connectivity index (χ1n) is 12.1. The van der Waals surface area contributed by atoms with Gasteiger partial charge in [0.15, 0.2) is 9.84 Å². The first kappa shape index (κ1) is 27.8. The molecule has 1 saturated heterocycles. The van der Waals surface area contributed by atoms with Gasteiger partial charge in [-0.3, -0.25) is 9.29 Å². The number of rotatable bonds is 9. The molecule has 0 saturated carbocycles. The highest BCUT2D eigenvalue weighted by Gasteiger charge is 2.35. The summed E-state index contributed by atoms with van der Waals surface area (Å²) in [6, 6.07) is 5.11. The van der Waals surface area contributed by atoms with Gasteiger partial charge in [0.25, 0.3) is 0 Å². The smallest absolute Gasteiger partial charge is 0.243 e. The normalized spacial score (nSPS) is 18.9. The number of aromatic nitrogens is 5. The second kappa shape index (κ2) is 10.8. The van der Waals surface area contributed by atoms with Crippen LogP contribution in [0.1, 0.15) is 55.7 Å². The van der Waals surface area contributed by atoms with E-state index in [1.807, 2.05) is 6.92 Å². The van der Waals surface area contributed by atoms with Gasteiger partial charge in [-0.15, -0.1) is 10.2 Å². The van der Waals surface area contributed by atoms with Crippen LogP contribution in [0, 0.1) is 6.92 Å². The van der Waals surface area contributed by atoms with Crippen molar-refractivity contribution in [3.8, 4) is 17.2 Å². The van der Waals surface area contributed by atoms with Crippen molar-refractivity contribution in [2.24, 2.45) is 0 Å². The predicted molar refractivity (Wildman–Crippen MR) is 142 cm³/mol. The Morgan fingerprint density at radius 2 is 1.71 bits per heavy atom. The summed E-state index contributed by atoms with van der Waals surface area (Å²) in [5.74, 6) is 0.303. The molecule has 4 rings (SSSR count). The Bertz CT molecular complexity index is 1480. The zero-order valence-electron chi connectivity index (χ0n) is 21.9. The largest absolute Gasteiger partial charge is 0.494 e. The molecule has 1 aliphatic rings. The molecular weight excluding hydrogens is 532 g/mol. The molecule has 206 valence electrons. The summed E-state index contributed by atoms with van der Waals surface area (Å²) in [4.78, 5) is 8.57. The molecule has 0 bridgehead atoms. The summed E-state index contributed by atoms with van der Waals surface area (Å²) < 4.78 is 67.2. The summed E-state index contributed by atoms with van der Waals surface area (Å²) in [5.41, 5.74) is 1.23. The average molecular weight is 565 g/mol. The van der Waals surface area contributed by atoms with Gasteiger partial charge in [0.1, 0.15) is 28.8 Å². The summed E-state index contributed by atoms with van der Waals surface area (Å²) >= 11 is 0. The van der Waals surface area contributed by atoms with Crippen LogP contribution in [0.15, 0.2) is 30.6 Å². The van der Waals surface area contributed by atoms with Crippen molar-refractivity contribution in [1.82, 2.24) is 24.7 Å². The zero-order valence-corrected chi connectivity index (χ0v) is 23.6. The molecule has 1 aromatic carbocycles. The van der Waals surface area contributed by atoms with Crippen molar-refractivity contribution in [1.29, 1.82) is 0 Å². The van der Waals surface area contributed by atoms with E-state index in [0.717, 1.165) is 5.56 Å². The number of nitrogens with zero attached hydrogens (tertiary/aromatic N) is 5. The van der Waals surface area contributed by atoms with Crippen LogP contribution in [0.3, 0.4) is 0 Å². The number of sulfone groups is 1. The lowest BCUT2D eigenvalue weighted by Crippen LogP contribution is -2.32. The maximum atomic E-state index is 13.6. The van der Waals surface area contributed by atoms with Gasteiger partial charge in [0.2, 0.25) is 16.0 Å². The quantitative estimate of drug-likeness (QED) is 0.410. The Balaban J connectivity index is 1.80. The third kappa shape index (κ3) is 5.60. The Morgan fingerprint density at radius 3 is 2.29 bits per heavy atom. The van der Waals surface area contributed by atoms with Crippen LogP contribution < -0.4 is 14.2 Å². The van der Waals surface area contributed by atoms with Gasteiger partial charge in [0, 0.05) is 24.2 Å². The van der Waals surface area contributed by atoms with Gasteiger partial charge in [-0.25, -0.2) is 26.8 Å². The van der Waals surface area contributed by atoms with Gasteiger partial charge >= 0.3 is 0 Å². The highest BCUT2D eigenvalue weighted by atomic mass is 32.2. The van der Waals surface area contributed by atoms with Crippen LogP contribution in [-0.2, 0) is 19.9 Å². The van der Waals surface area contributed by atoms with Gasteiger partial charge < -0.3 is 9.47 Å². The van der Waals surface area contributed by atoms with E-state index in [0.29, 0.717) is 41.7 Å². The molecule has 0 amide bonds. The number of benzene rings is 1. The van der Waals surface area contributed by atoms with Crippen LogP contribution >= 0.6 is 0 Å². The van der Waals surface area contributed by atoms with Crippen LogP contribution in [0.5, 0.6) is 11.5 Å². The number of anilines is 1. The van der Waals surface area contributed by atoms with Crippen molar-refractivity contribution in [2.75, 3.05) is 30.4 Å².